The molecule has 0 bridgehead atoms. The van der Waals surface area contributed by atoms with Gasteiger partial charge in [0.2, 0.25) is 0 Å². The van der Waals surface area contributed by atoms with Gasteiger partial charge in [-0.1, -0.05) is 72.8 Å². The van der Waals surface area contributed by atoms with Crippen molar-refractivity contribution in [2.45, 2.75) is 5.92 Å². The van der Waals surface area contributed by atoms with Crippen LogP contribution in [0, 0.1) is 0 Å². The molecule has 4 N–H and O–H groups in total. The lowest BCUT2D eigenvalue weighted by molar-refractivity contribution is 0.450. The highest BCUT2D eigenvalue weighted by Crippen LogP contribution is 2.42. The first-order valence-corrected chi connectivity index (χ1v) is 9.15. The molecule has 146 valence electrons. The summed E-state index contributed by atoms with van der Waals surface area (Å²) in [6.07, 6.45) is 0. The van der Waals surface area contributed by atoms with E-state index < -0.39 is 5.92 Å². The summed E-state index contributed by atoms with van der Waals surface area (Å²) in [5, 5.41) is 39.3. The van der Waals surface area contributed by atoms with Crippen molar-refractivity contribution in [2.75, 3.05) is 0 Å². The molecule has 0 heterocycles. The molecule has 29 heavy (non-hydrogen) atoms. The Morgan fingerprint density at radius 1 is 0.379 bits per heavy atom. The summed E-state index contributed by atoms with van der Waals surface area (Å²) in [5.74, 6) is 0.239. The van der Waals surface area contributed by atoms with Gasteiger partial charge in [-0.05, 0) is 30.3 Å². The molecule has 0 spiro atoms. The van der Waals surface area contributed by atoms with Gasteiger partial charge in [0.15, 0.2) is 0 Å². The number of rotatable bonds is 3. The standard InChI is InChI=1S/C19H16O3.C6H6O/c20-16-10-4-1-7-13(16)19(14-8-2-5-11-17(14)21)15-9-3-6-12-18(15)22;7-6-4-2-1-3-5-6/h1-12,19-22H;1-5,7H. The van der Waals surface area contributed by atoms with Gasteiger partial charge in [-0.15, -0.1) is 0 Å². The van der Waals surface area contributed by atoms with E-state index in [0.29, 0.717) is 22.4 Å². The lowest BCUT2D eigenvalue weighted by Gasteiger charge is -2.21. The molecule has 4 nitrogen and oxygen atoms in total. The molecule has 4 aromatic rings. The van der Waals surface area contributed by atoms with Gasteiger partial charge >= 0.3 is 0 Å². The smallest absolute Gasteiger partial charge is 0.119 e. The third-order valence-corrected chi connectivity index (χ3v) is 4.50. The zero-order valence-electron chi connectivity index (χ0n) is 15.7. The van der Waals surface area contributed by atoms with Crippen LogP contribution in [0.15, 0.2) is 103 Å². The van der Waals surface area contributed by atoms with Gasteiger partial charge in [-0.2, -0.15) is 0 Å². The van der Waals surface area contributed by atoms with Crippen LogP contribution in [0.1, 0.15) is 22.6 Å². The first-order chi connectivity index (χ1) is 14.1. The van der Waals surface area contributed by atoms with Crippen LogP contribution in [0.5, 0.6) is 23.0 Å². The maximum absolute atomic E-state index is 10.2. The molecule has 4 heteroatoms. The second-order valence-electron chi connectivity index (χ2n) is 6.45. The number of para-hydroxylation sites is 4. The maximum Gasteiger partial charge on any atom is 0.119 e. The van der Waals surface area contributed by atoms with Crippen LogP contribution < -0.4 is 0 Å². The Morgan fingerprint density at radius 3 is 0.966 bits per heavy atom. The van der Waals surface area contributed by atoms with Gasteiger partial charge in [-0.25, -0.2) is 0 Å². The molecular weight excluding hydrogens is 364 g/mol. The summed E-state index contributed by atoms with van der Waals surface area (Å²) in [6.45, 7) is 0. The summed E-state index contributed by atoms with van der Waals surface area (Å²) in [6, 6.07) is 29.6. The normalized spacial score (nSPS) is 10.2. The third kappa shape index (κ3) is 4.87. The van der Waals surface area contributed by atoms with Crippen molar-refractivity contribution in [2.24, 2.45) is 0 Å². The fourth-order valence-electron chi connectivity index (χ4n) is 3.13. The van der Waals surface area contributed by atoms with Crippen LogP contribution in [0.3, 0.4) is 0 Å². The number of hydrogen-bond donors (Lipinski definition) is 4. The summed E-state index contributed by atoms with van der Waals surface area (Å²) in [7, 11) is 0. The van der Waals surface area contributed by atoms with Crippen molar-refractivity contribution < 1.29 is 20.4 Å². The van der Waals surface area contributed by atoms with E-state index in [1.165, 1.54) is 0 Å². The number of phenols is 4. The number of benzene rings is 4. The van der Waals surface area contributed by atoms with Crippen molar-refractivity contribution in [1.82, 2.24) is 0 Å². The van der Waals surface area contributed by atoms with Gasteiger partial charge in [0, 0.05) is 22.6 Å². The minimum absolute atomic E-state index is 0.124. The van der Waals surface area contributed by atoms with Crippen LogP contribution >= 0.6 is 0 Å². The molecule has 4 rings (SSSR count). The van der Waals surface area contributed by atoms with Crippen molar-refractivity contribution in [3.8, 4) is 23.0 Å². The Morgan fingerprint density at radius 2 is 0.690 bits per heavy atom. The average molecular weight is 386 g/mol. The molecule has 0 atom stereocenters. The second-order valence-corrected chi connectivity index (χ2v) is 6.45. The van der Waals surface area contributed by atoms with E-state index in [4.69, 9.17) is 5.11 Å². The van der Waals surface area contributed by atoms with Crippen LogP contribution in [0.25, 0.3) is 0 Å². The molecule has 0 fully saturated rings. The quantitative estimate of drug-likeness (QED) is 0.357. The lowest BCUT2D eigenvalue weighted by atomic mass is 9.83. The topological polar surface area (TPSA) is 80.9 Å². The molecule has 0 unspecified atom stereocenters. The fourth-order valence-corrected chi connectivity index (χ4v) is 3.13. The predicted molar refractivity (Wildman–Crippen MR) is 113 cm³/mol. The molecule has 0 aliphatic heterocycles. The molecule has 0 saturated carbocycles. The monoisotopic (exact) mass is 386 g/mol. The van der Waals surface area contributed by atoms with Gasteiger partial charge in [0.1, 0.15) is 23.0 Å². The summed E-state index contributed by atoms with van der Waals surface area (Å²) < 4.78 is 0. The maximum atomic E-state index is 10.2. The molecule has 0 radical (unpaired) electrons. The van der Waals surface area contributed by atoms with Gasteiger partial charge in [-0.3, -0.25) is 0 Å². The Bertz CT molecular complexity index is 953. The Kier molecular flexibility index (Phi) is 6.38. The van der Waals surface area contributed by atoms with E-state index in [0.717, 1.165) is 0 Å². The Labute approximate surface area is 169 Å². The second kappa shape index (κ2) is 9.33. The predicted octanol–water partition coefficient (Wildman–Crippen LogP) is 5.38. The van der Waals surface area contributed by atoms with Crippen molar-refractivity contribution in [3.05, 3.63) is 120 Å². The first kappa shape index (κ1) is 19.8. The van der Waals surface area contributed by atoms with Gasteiger partial charge in [0.05, 0.1) is 0 Å². The van der Waals surface area contributed by atoms with Crippen LogP contribution in [0.2, 0.25) is 0 Å². The van der Waals surface area contributed by atoms with E-state index in [-0.39, 0.29) is 17.2 Å². The molecule has 0 aliphatic rings. The average Bonchev–Trinajstić information content (AvgIpc) is 2.73. The largest absolute Gasteiger partial charge is 0.508 e. The number of aromatic hydroxyl groups is 4. The summed E-state index contributed by atoms with van der Waals surface area (Å²) in [4.78, 5) is 0. The highest BCUT2D eigenvalue weighted by atomic mass is 16.3. The Hall–Kier alpha value is -3.92. The zero-order chi connectivity index (χ0) is 20.6. The minimum atomic E-state index is -0.455. The highest BCUT2D eigenvalue weighted by molar-refractivity contribution is 5.55. The van der Waals surface area contributed by atoms with E-state index in [1.54, 1.807) is 78.9 Å². The van der Waals surface area contributed by atoms with Crippen molar-refractivity contribution >= 4 is 0 Å². The lowest BCUT2D eigenvalue weighted by Crippen LogP contribution is -2.04. The van der Waals surface area contributed by atoms with Crippen LogP contribution in [-0.2, 0) is 0 Å². The fraction of sp³-hybridized carbons (Fsp3) is 0.0400. The molecule has 4 aromatic carbocycles. The Balaban J connectivity index is 0.000000290. The van der Waals surface area contributed by atoms with E-state index in [1.807, 2.05) is 24.3 Å². The summed E-state index contributed by atoms with van der Waals surface area (Å²) in [5.41, 5.74) is 1.89. The summed E-state index contributed by atoms with van der Waals surface area (Å²) >= 11 is 0. The highest BCUT2D eigenvalue weighted by Gasteiger charge is 2.24. The first-order valence-electron chi connectivity index (χ1n) is 9.15. The van der Waals surface area contributed by atoms with Crippen molar-refractivity contribution in [3.63, 3.8) is 0 Å². The minimum Gasteiger partial charge on any atom is -0.508 e. The van der Waals surface area contributed by atoms with Crippen molar-refractivity contribution in [1.29, 1.82) is 0 Å². The van der Waals surface area contributed by atoms with Gasteiger partial charge in [0.25, 0.3) is 0 Å². The molecule has 0 aromatic heterocycles. The van der Waals surface area contributed by atoms with E-state index in [2.05, 4.69) is 0 Å². The molecule has 0 aliphatic carbocycles. The number of phenolic OH excluding ortho intramolecular Hbond substituents is 4. The van der Waals surface area contributed by atoms with E-state index in [9.17, 15) is 15.3 Å². The zero-order valence-corrected chi connectivity index (χ0v) is 15.7. The van der Waals surface area contributed by atoms with Crippen LogP contribution in [0.4, 0.5) is 0 Å². The molecule has 0 amide bonds. The van der Waals surface area contributed by atoms with Crippen LogP contribution in [-0.4, -0.2) is 20.4 Å². The molecule has 0 saturated heterocycles. The molecular formula is C25H22O4. The SMILES string of the molecule is Oc1ccccc1.Oc1ccccc1C(c1ccccc1O)c1ccccc1O. The number of hydrogen-bond acceptors (Lipinski definition) is 4. The third-order valence-electron chi connectivity index (χ3n) is 4.50. The van der Waals surface area contributed by atoms with E-state index >= 15 is 0 Å². The van der Waals surface area contributed by atoms with Gasteiger partial charge < -0.3 is 20.4 Å².